The number of hydrogen-bond donors (Lipinski definition) is 2. The Bertz CT molecular complexity index is 589. The zero-order valence-corrected chi connectivity index (χ0v) is 11.1. The minimum atomic E-state index is -3.56. The Morgan fingerprint density at radius 1 is 1.47 bits per heavy atom. The molecule has 5 nitrogen and oxygen atoms in total. The topological polar surface area (TPSA) is 75.6 Å². The molecule has 104 valence electrons. The predicted molar refractivity (Wildman–Crippen MR) is 69.6 cm³/mol. The van der Waals surface area contributed by atoms with Crippen LogP contribution in [0.3, 0.4) is 0 Å². The van der Waals surface area contributed by atoms with Crippen molar-refractivity contribution < 1.29 is 22.7 Å². The van der Waals surface area contributed by atoms with Crippen molar-refractivity contribution in [2.24, 2.45) is 0 Å². The summed E-state index contributed by atoms with van der Waals surface area (Å²) in [5.74, 6) is 3.86. The lowest BCUT2D eigenvalue weighted by Gasteiger charge is -2.08. The summed E-state index contributed by atoms with van der Waals surface area (Å²) in [5.41, 5.74) is 0.206. The molecule has 2 N–H and O–H groups in total. The van der Waals surface area contributed by atoms with Gasteiger partial charge in [0.15, 0.2) is 0 Å². The fourth-order valence-corrected chi connectivity index (χ4v) is 2.21. The summed E-state index contributed by atoms with van der Waals surface area (Å²) in [6.07, 6.45) is 0. The van der Waals surface area contributed by atoms with Gasteiger partial charge in [-0.15, -0.1) is 0 Å². The number of sulfonamides is 1. The highest BCUT2D eigenvalue weighted by atomic mass is 32.2. The maximum absolute atomic E-state index is 13.6. The molecule has 0 bridgehead atoms. The zero-order valence-electron chi connectivity index (χ0n) is 10.3. The number of ether oxygens (including phenoxy) is 1. The number of anilines is 1. The molecular weight excluding hydrogens is 273 g/mol. The Labute approximate surface area is 111 Å². The largest absolute Gasteiger partial charge is 0.384 e. The highest BCUT2D eigenvalue weighted by Crippen LogP contribution is 2.15. The number of hydrogen-bond acceptors (Lipinski definition) is 4. The van der Waals surface area contributed by atoms with E-state index in [4.69, 9.17) is 5.11 Å². The third-order valence-electron chi connectivity index (χ3n) is 2.10. The summed E-state index contributed by atoms with van der Waals surface area (Å²) < 4.78 is 43.6. The Hall–Kier alpha value is -1.62. The molecule has 0 aliphatic rings. The number of methoxy groups -OCH3 is 1. The van der Waals surface area contributed by atoms with Crippen LogP contribution in [0.15, 0.2) is 18.2 Å². The predicted octanol–water partition coefficient (Wildman–Crippen LogP) is 0.558. The molecule has 0 saturated carbocycles. The van der Waals surface area contributed by atoms with E-state index in [9.17, 15) is 12.8 Å². The third kappa shape index (κ3) is 5.26. The van der Waals surface area contributed by atoms with Crippen molar-refractivity contribution in [1.29, 1.82) is 0 Å². The van der Waals surface area contributed by atoms with Crippen molar-refractivity contribution in [2.45, 2.75) is 0 Å². The first kappa shape index (κ1) is 15.4. The molecule has 0 unspecified atom stereocenters. The molecule has 0 aromatic heterocycles. The number of aliphatic hydroxyl groups excluding tert-OH is 1. The van der Waals surface area contributed by atoms with E-state index in [0.29, 0.717) is 0 Å². The number of aliphatic hydroxyl groups is 1. The molecule has 19 heavy (non-hydrogen) atoms. The van der Waals surface area contributed by atoms with Crippen LogP contribution in [-0.2, 0) is 14.8 Å². The average molecular weight is 287 g/mol. The normalized spacial score (nSPS) is 10.7. The van der Waals surface area contributed by atoms with Crippen LogP contribution in [0.4, 0.5) is 10.1 Å². The number of rotatable bonds is 5. The van der Waals surface area contributed by atoms with Gasteiger partial charge in [-0.2, -0.15) is 0 Å². The molecule has 0 atom stereocenters. The second-order valence-electron chi connectivity index (χ2n) is 3.57. The summed E-state index contributed by atoms with van der Waals surface area (Å²) in [7, 11) is -2.17. The highest BCUT2D eigenvalue weighted by Gasteiger charge is 2.11. The molecule has 0 radical (unpaired) electrons. The molecule has 0 spiro atoms. The minimum absolute atomic E-state index is 0.0534. The molecular formula is C12H14FNO4S. The van der Waals surface area contributed by atoms with Gasteiger partial charge in [0.2, 0.25) is 10.0 Å². The van der Waals surface area contributed by atoms with Gasteiger partial charge in [-0.1, -0.05) is 11.8 Å². The van der Waals surface area contributed by atoms with Crippen molar-refractivity contribution >= 4 is 15.7 Å². The minimum Gasteiger partial charge on any atom is -0.384 e. The average Bonchev–Trinajstić information content (AvgIpc) is 2.35. The van der Waals surface area contributed by atoms with E-state index in [1.807, 2.05) is 0 Å². The fraction of sp³-hybridized carbons (Fsp3) is 0.333. The molecule has 0 heterocycles. The van der Waals surface area contributed by atoms with E-state index in [0.717, 1.165) is 6.07 Å². The van der Waals surface area contributed by atoms with Crippen molar-refractivity contribution in [3.63, 3.8) is 0 Å². The molecule has 0 aliphatic heterocycles. The molecule has 0 fully saturated rings. The standard InChI is InChI=1S/C12H14FNO4S/c1-18-7-8-19(16,17)14-11-5-4-10(3-2-6-15)12(13)9-11/h4-5,9,14-15H,6-8H2,1H3. The molecule has 1 rings (SSSR count). The van der Waals surface area contributed by atoms with Crippen LogP contribution in [0.1, 0.15) is 5.56 Å². The van der Waals surface area contributed by atoms with E-state index in [1.165, 1.54) is 19.2 Å². The Morgan fingerprint density at radius 3 is 2.79 bits per heavy atom. The van der Waals surface area contributed by atoms with Gasteiger partial charge in [0.1, 0.15) is 12.4 Å². The number of nitrogens with one attached hydrogen (secondary N) is 1. The Morgan fingerprint density at radius 2 is 2.21 bits per heavy atom. The number of benzene rings is 1. The van der Waals surface area contributed by atoms with Crippen LogP contribution in [0.25, 0.3) is 0 Å². The second-order valence-corrected chi connectivity index (χ2v) is 5.41. The Balaban J connectivity index is 2.84. The van der Waals surface area contributed by atoms with Crippen LogP contribution >= 0.6 is 0 Å². The Kier molecular flexibility index (Phi) is 5.76. The smallest absolute Gasteiger partial charge is 0.235 e. The van der Waals surface area contributed by atoms with Gasteiger partial charge in [0.25, 0.3) is 0 Å². The lowest BCUT2D eigenvalue weighted by molar-refractivity contribution is 0.217. The van der Waals surface area contributed by atoms with Crippen molar-refractivity contribution in [3.05, 3.63) is 29.6 Å². The maximum atomic E-state index is 13.6. The molecule has 0 aliphatic carbocycles. The SMILES string of the molecule is COCCS(=O)(=O)Nc1ccc(C#CCO)c(F)c1. The quantitative estimate of drug-likeness (QED) is 0.776. The van der Waals surface area contributed by atoms with Gasteiger partial charge >= 0.3 is 0 Å². The van der Waals surface area contributed by atoms with E-state index in [1.54, 1.807) is 0 Å². The van der Waals surface area contributed by atoms with E-state index >= 15 is 0 Å². The summed E-state index contributed by atoms with van der Waals surface area (Å²) in [5, 5.41) is 8.51. The highest BCUT2D eigenvalue weighted by molar-refractivity contribution is 7.92. The first-order chi connectivity index (χ1) is 8.98. The lowest BCUT2D eigenvalue weighted by Crippen LogP contribution is -2.19. The van der Waals surface area contributed by atoms with Crippen LogP contribution in [-0.4, -0.2) is 39.6 Å². The van der Waals surface area contributed by atoms with E-state index in [2.05, 4.69) is 21.3 Å². The van der Waals surface area contributed by atoms with E-state index < -0.39 is 15.8 Å². The van der Waals surface area contributed by atoms with Crippen LogP contribution in [0, 0.1) is 17.7 Å². The van der Waals surface area contributed by atoms with Crippen molar-refractivity contribution in [1.82, 2.24) is 0 Å². The van der Waals surface area contributed by atoms with Crippen LogP contribution in [0.5, 0.6) is 0 Å². The lowest BCUT2D eigenvalue weighted by atomic mass is 10.2. The first-order valence-corrected chi connectivity index (χ1v) is 7.02. The van der Waals surface area contributed by atoms with Crippen molar-refractivity contribution in [2.75, 3.05) is 30.8 Å². The summed E-state index contributed by atoms with van der Waals surface area (Å²) in [6.45, 7) is -0.317. The second kappa shape index (κ2) is 7.09. The maximum Gasteiger partial charge on any atom is 0.235 e. The zero-order chi connectivity index (χ0) is 14.3. The fourth-order valence-electron chi connectivity index (χ4n) is 1.24. The van der Waals surface area contributed by atoms with Gasteiger partial charge in [-0.25, -0.2) is 12.8 Å². The number of halogens is 1. The molecule has 0 amide bonds. The summed E-state index contributed by atoms with van der Waals surface area (Å²) in [4.78, 5) is 0. The van der Waals surface area contributed by atoms with Gasteiger partial charge in [0.05, 0.1) is 23.6 Å². The third-order valence-corrected chi connectivity index (χ3v) is 3.35. The van der Waals surface area contributed by atoms with Gasteiger partial charge < -0.3 is 9.84 Å². The van der Waals surface area contributed by atoms with E-state index in [-0.39, 0.29) is 30.2 Å². The van der Waals surface area contributed by atoms with Gasteiger partial charge in [0, 0.05) is 7.11 Å². The van der Waals surface area contributed by atoms with Crippen LogP contribution in [0.2, 0.25) is 0 Å². The molecule has 1 aromatic rings. The summed E-state index contributed by atoms with van der Waals surface area (Å²) in [6, 6.07) is 3.77. The molecule has 7 heteroatoms. The monoisotopic (exact) mass is 287 g/mol. The van der Waals surface area contributed by atoms with Gasteiger partial charge in [-0.3, -0.25) is 4.72 Å². The molecule has 1 aromatic carbocycles. The van der Waals surface area contributed by atoms with Gasteiger partial charge in [-0.05, 0) is 18.2 Å². The van der Waals surface area contributed by atoms with Crippen molar-refractivity contribution in [3.8, 4) is 11.8 Å². The first-order valence-electron chi connectivity index (χ1n) is 5.37. The summed E-state index contributed by atoms with van der Waals surface area (Å²) >= 11 is 0. The van der Waals surface area contributed by atoms with Crippen LogP contribution < -0.4 is 4.72 Å². The molecule has 0 saturated heterocycles.